The zero-order valence-corrected chi connectivity index (χ0v) is 17.1. The molecule has 2 atom stereocenters. The summed E-state index contributed by atoms with van der Waals surface area (Å²) in [5.41, 5.74) is 1.26. The van der Waals surface area contributed by atoms with Crippen LogP contribution in [0.2, 0.25) is 5.02 Å². The SMILES string of the molecule is C[C@H]1CN(C(=O)c2cc3cccnc3n(Cc3ccc(Cl)cc3)c2=O)C[C@H](C)O1. The molecule has 0 N–H and O–H groups in total. The minimum Gasteiger partial charge on any atom is -0.372 e. The molecule has 3 aromatic rings. The average molecular weight is 412 g/mol. The van der Waals surface area contributed by atoms with Crippen LogP contribution in [0.5, 0.6) is 0 Å². The van der Waals surface area contributed by atoms with Crippen LogP contribution in [0.25, 0.3) is 11.0 Å². The smallest absolute Gasteiger partial charge is 0.265 e. The zero-order chi connectivity index (χ0) is 20.5. The van der Waals surface area contributed by atoms with Gasteiger partial charge in [-0.3, -0.25) is 14.2 Å². The van der Waals surface area contributed by atoms with Gasteiger partial charge in [0.1, 0.15) is 11.2 Å². The number of amides is 1. The van der Waals surface area contributed by atoms with E-state index in [1.165, 1.54) is 0 Å². The predicted molar refractivity (Wildman–Crippen MR) is 112 cm³/mol. The molecule has 1 amide bonds. The molecule has 4 rings (SSSR count). The number of morpholine rings is 1. The number of nitrogens with zero attached hydrogens (tertiary/aromatic N) is 3. The molecule has 1 saturated heterocycles. The summed E-state index contributed by atoms with van der Waals surface area (Å²) in [5.74, 6) is -0.271. The summed E-state index contributed by atoms with van der Waals surface area (Å²) in [6.45, 7) is 5.09. The van der Waals surface area contributed by atoms with Crippen molar-refractivity contribution in [1.29, 1.82) is 0 Å². The van der Waals surface area contributed by atoms with E-state index in [9.17, 15) is 9.59 Å². The fraction of sp³-hybridized carbons (Fsp3) is 0.318. The second-order valence-corrected chi connectivity index (χ2v) is 7.90. The van der Waals surface area contributed by atoms with Crippen molar-refractivity contribution in [2.45, 2.75) is 32.6 Å². The molecule has 0 bridgehead atoms. The Bertz CT molecular complexity index is 1100. The number of ether oxygens (including phenoxy) is 1. The van der Waals surface area contributed by atoms with Gasteiger partial charge in [0, 0.05) is 29.7 Å². The minimum atomic E-state index is -0.344. The van der Waals surface area contributed by atoms with E-state index >= 15 is 0 Å². The number of carbonyl (C=O) groups is 1. The van der Waals surface area contributed by atoms with Gasteiger partial charge in [0.2, 0.25) is 0 Å². The molecule has 0 aliphatic carbocycles. The Kier molecular flexibility index (Phi) is 5.39. The molecule has 150 valence electrons. The molecule has 1 fully saturated rings. The number of rotatable bonds is 3. The molecular formula is C22H22ClN3O3. The maximum absolute atomic E-state index is 13.3. The zero-order valence-electron chi connectivity index (χ0n) is 16.3. The summed E-state index contributed by atoms with van der Waals surface area (Å²) in [6, 6.07) is 12.6. The summed E-state index contributed by atoms with van der Waals surface area (Å²) >= 11 is 5.98. The van der Waals surface area contributed by atoms with Crippen molar-refractivity contribution >= 4 is 28.5 Å². The largest absolute Gasteiger partial charge is 0.372 e. The number of fused-ring (bicyclic) bond motifs is 1. The number of aromatic nitrogens is 2. The third-order valence-corrected chi connectivity index (χ3v) is 5.29. The van der Waals surface area contributed by atoms with Crippen molar-refractivity contribution < 1.29 is 9.53 Å². The highest BCUT2D eigenvalue weighted by atomic mass is 35.5. The first kappa shape index (κ1) is 19.6. The quantitative estimate of drug-likeness (QED) is 0.663. The lowest BCUT2D eigenvalue weighted by Gasteiger charge is -2.35. The molecule has 6 nitrogen and oxygen atoms in total. The average Bonchev–Trinajstić information content (AvgIpc) is 2.70. The molecule has 0 saturated carbocycles. The molecule has 1 aliphatic rings. The van der Waals surface area contributed by atoms with Gasteiger partial charge >= 0.3 is 0 Å². The first-order valence-corrected chi connectivity index (χ1v) is 9.98. The van der Waals surface area contributed by atoms with Gasteiger partial charge in [-0.15, -0.1) is 0 Å². The van der Waals surface area contributed by atoms with Crippen molar-refractivity contribution in [2.24, 2.45) is 0 Å². The Hall–Kier alpha value is -2.70. The number of benzene rings is 1. The van der Waals surface area contributed by atoms with E-state index in [0.29, 0.717) is 30.3 Å². The second kappa shape index (κ2) is 7.97. The molecule has 29 heavy (non-hydrogen) atoms. The lowest BCUT2D eigenvalue weighted by atomic mass is 10.1. The van der Waals surface area contributed by atoms with Crippen LogP contribution in [-0.4, -0.2) is 45.7 Å². The van der Waals surface area contributed by atoms with Gasteiger partial charge in [0.05, 0.1) is 18.8 Å². The van der Waals surface area contributed by atoms with Crippen LogP contribution < -0.4 is 5.56 Å². The highest BCUT2D eigenvalue weighted by molar-refractivity contribution is 6.30. The third-order valence-electron chi connectivity index (χ3n) is 5.04. The topological polar surface area (TPSA) is 64.4 Å². The fourth-order valence-corrected chi connectivity index (χ4v) is 3.92. The molecule has 0 unspecified atom stereocenters. The number of pyridine rings is 2. The molecule has 1 aromatic carbocycles. The first-order valence-electron chi connectivity index (χ1n) is 9.60. The Morgan fingerprint density at radius 3 is 2.55 bits per heavy atom. The normalized spacial score (nSPS) is 19.5. The molecule has 7 heteroatoms. The standard InChI is InChI=1S/C22H22ClN3O3/c1-14-11-25(12-15(2)29-14)21(27)19-10-17-4-3-9-24-20(17)26(22(19)28)13-16-5-7-18(23)8-6-16/h3-10,14-15H,11-13H2,1-2H3/t14-,15-/m0/s1. The van der Waals surface area contributed by atoms with Gasteiger partial charge < -0.3 is 9.64 Å². The van der Waals surface area contributed by atoms with E-state index < -0.39 is 0 Å². The summed E-state index contributed by atoms with van der Waals surface area (Å²) in [4.78, 5) is 32.6. The van der Waals surface area contributed by atoms with E-state index in [1.54, 1.807) is 39.9 Å². The van der Waals surface area contributed by atoms with Crippen molar-refractivity contribution in [1.82, 2.24) is 14.5 Å². The monoisotopic (exact) mass is 411 g/mol. The van der Waals surface area contributed by atoms with Crippen LogP contribution >= 0.6 is 11.6 Å². The number of hydrogen-bond acceptors (Lipinski definition) is 4. The van der Waals surface area contributed by atoms with E-state index in [0.717, 1.165) is 10.9 Å². The van der Waals surface area contributed by atoms with Gasteiger partial charge in [-0.05, 0) is 49.7 Å². The molecule has 1 aliphatic heterocycles. The molecular weight excluding hydrogens is 390 g/mol. The van der Waals surface area contributed by atoms with Crippen LogP contribution in [0.4, 0.5) is 0 Å². The highest BCUT2D eigenvalue weighted by Gasteiger charge is 2.29. The van der Waals surface area contributed by atoms with Crippen molar-refractivity contribution in [3.05, 3.63) is 75.2 Å². The van der Waals surface area contributed by atoms with E-state index in [2.05, 4.69) is 4.98 Å². The molecule has 0 spiro atoms. The third kappa shape index (κ3) is 4.04. The Labute approximate surface area is 173 Å². The first-order chi connectivity index (χ1) is 13.9. The Morgan fingerprint density at radius 2 is 1.86 bits per heavy atom. The van der Waals surface area contributed by atoms with Crippen molar-refractivity contribution in [3.63, 3.8) is 0 Å². The lowest BCUT2D eigenvalue weighted by molar-refractivity contribution is -0.0586. The summed E-state index contributed by atoms with van der Waals surface area (Å²) in [5, 5.41) is 1.38. The van der Waals surface area contributed by atoms with Gasteiger partial charge in [0.25, 0.3) is 11.5 Å². The summed E-state index contributed by atoms with van der Waals surface area (Å²) in [7, 11) is 0. The Balaban J connectivity index is 1.79. The van der Waals surface area contributed by atoms with Crippen LogP contribution in [-0.2, 0) is 11.3 Å². The predicted octanol–water partition coefficient (Wildman–Crippen LogP) is 3.35. The molecule has 3 heterocycles. The number of halogens is 1. The molecule has 0 radical (unpaired) electrons. The van der Waals surface area contributed by atoms with E-state index in [-0.39, 0.29) is 29.2 Å². The highest BCUT2D eigenvalue weighted by Crippen LogP contribution is 2.18. The van der Waals surface area contributed by atoms with Gasteiger partial charge in [-0.25, -0.2) is 4.98 Å². The van der Waals surface area contributed by atoms with E-state index in [1.807, 2.05) is 32.0 Å². The van der Waals surface area contributed by atoms with Crippen LogP contribution in [0.3, 0.4) is 0 Å². The molecule has 2 aromatic heterocycles. The maximum atomic E-state index is 13.3. The maximum Gasteiger partial charge on any atom is 0.265 e. The van der Waals surface area contributed by atoms with Crippen LogP contribution in [0.15, 0.2) is 53.5 Å². The van der Waals surface area contributed by atoms with Crippen LogP contribution in [0, 0.1) is 0 Å². The van der Waals surface area contributed by atoms with Crippen molar-refractivity contribution in [3.8, 4) is 0 Å². The lowest BCUT2D eigenvalue weighted by Crippen LogP contribution is -2.49. The van der Waals surface area contributed by atoms with Gasteiger partial charge in [-0.1, -0.05) is 23.7 Å². The van der Waals surface area contributed by atoms with E-state index in [4.69, 9.17) is 16.3 Å². The number of hydrogen-bond donors (Lipinski definition) is 0. The minimum absolute atomic E-state index is 0.0684. The summed E-state index contributed by atoms with van der Waals surface area (Å²) < 4.78 is 7.27. The Morgan fingerprint density at radius 1 is 1.17 bits per heavy atom. The second-order valence-electron chi connectivity index (χ2n) is 7.46. The van der Waals surface area contributed by atoms with Crippen molar-refractivity contribution in [2.75, 3.05) is 13.1 Å². The fourth-order valence-electron chi connectivity index (χ4n) is 3.79. The number of carbonyl (C=O) groups excluding carboxylic acids is 1. The van der Waals surface area contributed by atoms with Crippen LogP contribution in [0.1, 0.15) is 29.8 Å². The van der Waals surface area contributed by atoms with Gasteiger partial charge in [0.15, 0.2) is 0 Å². The summed E-state index contributed by atoms with van der Waals surface area (Å²) in [6.07, 6.45) is 1.51. The van der Waals surface area contributed by atoms with Gasteiger partial charge in [-0.2, -0.15) is 0 Å².